The molecule has 1 saturated heterocycles. The number of aliphatic imine (C=N–C) groups is 1. The zero-order chi connectivity index (χ0) is 22.6. The first kappa shape index (κ1) is 23.2. The number of carbonyl (C=O) groups is 2. The van der Waals surface area contributed by atoms with Gasteiger partial charge in [0, 0.05) is 26.1 Å². The fourth-order valence-corrected chi connectivity index (χ4v) is 3.61. The first-order valence-electron chi connectivity index (χ1n) is 9.99. The number of allylic oxidation sites excluding steroid dienone is 1. The summed E-state index contributed by atoms with van der Waals surface area (Å²) in [5, 5.41) is 5.45. The number of alkyl carbamates (subject to hydrolysis) is 1. The average Bonchev–Trinajstić information content (AvgIpc) is 3.12. The van der Waals surface area contributed by atoms with E-state index in [4.69, 9.17) is 9.47 Å². The van der Waals surface area contributed by atoms with Crippen molar-refractivity contribution in [2.24, 2.45) is 4.99 Å². The van der Waals surface area contributed by atoms with Crippen LogP contribution < -0.4 is 15.5 Å². The summed E-state index contributed by atoms with van der Waals surface area (Å²) < 4.78 is 26.3. The van der Waals surface area contributed by atoms with E-state index in [9.17, 15) is 14.0 Å². The summed E-state index contributed by atoms with van der Waals surface area (Å²) in [6.07, 6.45) is 1.30. The second-order valence-electron chi connectivity index (χ2n) is 8.20. The van der Waals surface area contributed by atoms with Crippen LogP contribution in [-0.4, -0.2) is 55.7 Å². The van der Waals surface area contributed by atoms with Crippen LogP contribution in [0.5, 0.6) is 0 Å². The Bertz CT molecular complexity index is 913. The number of nitrogens with zero attached hydrogens (tertiary/aromatic N) is 2. The van der Waals surface area contributed by atoms with E-state index >= 15 is 0 Å². The van der Waals surface area contributed by atoms with Gasteiger partial charge in [0.15, 0.2) is 0 Å². The molecule has 1 aromatic carbocycles. The first-order chi connectivity index (χ1) is 14.6. The van der Waals surface area contributed by atoms with Crippen molar-refractivity contribution in [1.82, 2.24) is 5.32 Å². The molecular weight excluding hydrogens is 471 g/mol. The van der Waals surface area contributed by atoms with E-state index in [1.54, 1.807) is 43.9 Å². The maximum Gasteiger partial charge on any atom is 0.407 e. The van der Waals surface area contributed by atoms with Gasteiger partial charge in [0.25, 0.3) is 5.91 Å². The third kappa shape index (κ3) is 6.51. The molecule has 31 heavy (non-hydrogen) atoms. The monoisotopic (exact) mass is 496 g/mol. The number of para-hydroxylation sites is 1. The summed E-state index contributed by atoms with van der Waals surface area (Å²) in [6, 6.07) is 4.54. The molecule has 0 bridgehead atoms. The minimum atomic E-state index is -0.599. The molecule has 168 valence electrons. The Balaban J connectivity index is 1.67. The number of hydrogen-bond acceptors (Lipinski definition) is 6. The second-order valence-corrected chi connectivity index (χ2v) is 9.01. The lowest BCUT2D eigenvalue weighted by molar-refractivity contribution is -0.110. The van der Waals surface area contributed by atoms with Crippen LogP contribution in [0.3, 0.4) is 0 Å². The van der Waals surface area contributed by atoms with Crippen LogP contribution >= 0.6 is 15.9 Å². The second kappa shape index (κ2) is 9.78. The number of carbonyl (C=O) groups excluding carboxylic acids is 2. The van der Waals surface area contributed by atoms with Gasteiger partial charge in [-0.25, -0.2) is 14.2 Å². The SMILES string of the molecule is CC(C)(C)OC(=O)NC[C@@H]1CN(c2c(F)cccc2NC(=O)C2=NC(Br)=CC2)CCO1. The highest BCUT2D eigenvalue weighted by molar-refractivity contribution is 9.11. The van der Waals surface area contributed by atoms with Crippen LogP contribution in [0.15, 0.2) is 33.9 Å². The van der Waals surface area contributed by atoms with Crippen LogP contribution in [0.1, 0.15) is 27.2 Å². The van der Waals surface area contributed by atoms with E-state index in [1.807, 2.05) is 0 Å². The average molecular weight is 497 g/mol. The van der Waals surface area contributed by atoms with Crippen LogP contribution in [0, 0.1) is 5.82 Å². The zero-order valence-electron chi connectivity index (χ0n) is 17.7. The Morgan fingerprint density at radius 2 is 2.16 bits per heavy atom. The molecule has 2 aliphatic heterocycles. The highest BCUT2D eigenvalue weighted by Crippen LogP contribution is 2.31. The third-order valence-electron chi connectivity index (χ3n) is 4.53. The topological polar surface area (TPSA) is 92.3 Å². The van der Waals surface area contributed by atoms with Crippen molar-refractivity contribution in [2.45, 2.75) is 38.9 Å². The predicted octanol–water partition coefficient (Wildman–Crippen LogP) is 3.58. The van der Waals surface area contributed by atoms with Crippen LogP contribution in [-0.2, 0) is 14.3 Å². The highest BCUT2D eigenvalue weighted by Gasteiger charge is 2.27. The maximum absolute atomic E-state index is 14.8. The van der Waals surface area contributed by atoms with Crippen molar-refractivity contribution in [1.29, 1.82) is 0 Å². The summed E-state index contributed by atoms with van der Waals surface area (Å²) in [5.41, 5.74) is 0.394. The number of rotatable bonds is 5. The lowest BCUT2D eigenvalue weighted by Crippen LogP contribution is -2.48. The third-order valence-corrected chi connectivity index (χ3v) is 5.03. The molecule has 0 saturated carbocycles. The van der Waals surface area contributed by atoms with Gasteiger partial charge in [-0.05, 0) is 54.9 Å². The van der Waals surface area contributed by atoms with Crippen LogP contribution in [0.2, 0.25) is 0 Å². The van der Waals surface area contributed by atoms with Crippen molar-refractivity contribution in [2.75, 3.05) is 36.5 Å². The first-order valence-corrected chi connectivity index (χ1v) is 10.8. The predicted molar refractivity (Wildman–Crippen MR) is 120 cm³/mol. The number of anilines is 2. The summed E-state index contributed by atoms with van der Waals surface area (Å²) in [7, 11) is 0. The fourth-order valence-electron chi connectivity index (χ4n) is 3.23. The van der Waals surface area contributed by atoms with Gasteiger partial charge in [-0.2, -0.15) is 0 Å². The maximum atomic E-state index is 14.8. The molecule has 0 spiro atoms. The summed E-state index contributed by atoms with van der Waals surface area (Å²) >= 11 is 3.24. The van der Waals surface area contributed by atoms with Gasteiger partial charge in [0.05, 0.1) is 24.1 Å². The van der Waals surface area contributed by atoms with Crippen LogP contribution in [0.4, 0.5) is 20.6 Å². The summed E-state index contributed by atoms with van der Waals surface area (Å²) in [4.78, 5) is 30.4. The van der Waals surface area contributed by atoms with Crippen molar-refractivity contribution in [3.8, 4) is 0 Å². The van der Waals surface area contributed by atoms with Crippen molar-refractivity contribution >= 4 is 45.0 Å². The largest absolute Gasteiger partial charge is 0.444 e. The van der Waals surface area contributed by atoms with E-state index in [0.29, 0.717) is 42.1 Å². The lowest BCUT2D eigenvalue weighted by atomic mass is 10.1. The Kier molecular flexibility index (Phi) is 7.32. The van der Waals surface area contributed by atoms with Gasteiger partial charge in [-0.3, -0.25) is 4.79 Å². The quantitative estimate of drug-likeness (QED) is 0.607. The molecule has 2 heterocycles. The number of ether oxygens (including phenoxy) is 2. The Morgan fingerprint density at radius 3 is 2.84 bits per heavy atom. The number of halogens is 2. The molecule has 2 amide bonds. The molecule has 0 radical (unpaired) electrons. The van der Waals surface area contributed by atoms with Crippen molar-refractivity contribution in [3.63, 3.8) is 0 Å². The minimum Gasteiger partial charge on any atom is -0.444 e. The summed E-state index contributed by atoms with van der Waals surface area (Å²) in [5.74, 6) is -0.833. The van der Waals surface area contributed by atoms with Gasteiger partial charge >= 0.3 is 6.09 Å². The van der Waals surface area contributed by atoms with Crippen LogP contribution in [0.25, 0.3) is 0 Å². The van der Waals surface area contributed by atoms with Crippen molar-refractivity contribution < 1.29 is 23.5 Å². The minimum absolute atomic E-state index is 0.220. The molecular formula is C21H26BrFN4O4. The van der Waals surface area contributed by atoms with Gasteiger partial charge in [-0.1, -0.05) is 6.07 Å². The summed E-state index contributed by atoms with van der Waals surface area (Å²) in [6.45, 7) is 6.71. The number of nitrogens with one attached hydrogen (secondary N) is 2. The van der Waals surface area contributed by atoms with E-state index in [2.05, 4.69) is 31.6 Å². The molecule has 3 rings (SSSR count). The molecule has 8 nitrogen and oxygen atoms in total. The Hall–Kier alpha value is -2.46. The smallest absolute Gasteiger partial charge is 0.407 e. The molecule has 10 heteroatoms. The number of amides is 2. The van der Waals surface area contributed by atoms with E-state index in [0.717, 1.165) is 0 Å². The number of benzene rings is 1. The highest BCUT2D eigenvalue weighted by atomic mass is 79.9. The van der Waals surface area contributed by atoms with Gasteiger partial charge < -0.3 is 25.0 Å². The molecule has 0 aromatic heterocycles. The molecule has 2 aliphatic rings. The number of hydrogen-bond donors (Lipinski definition) is 2. The van der Waals surface area contributed by atoms with E-state index in [-0.39, 0.29) is 24.2 Å². The van der Waals surface area contributed by atoms with E-state index < -0.39 is 17.5 Å². The zero-order valence-corrected chi connectivity index (χ0v) is 19.3. The molecule has 1 fully saturated rings. The fraction of sp³-hybridized carbons (Fsp3) is 0.476. The van der Waals surface area contributed by atoms with E-state index in [1.165, 1.54) is 6.07 Å². The Morgan fingerprint density at radius 1 is 1.39 bits per heavy atom. The number of morpholine rings is 1. The Labute approximate surface area is 189 Å². The molecule has 1 aromatic rings. The van der Waals surface area contributed by atoms with Gasteiger partial charge in [-0.15, -0.1) is 0 Å². The lowest BCUT2D eigenvalue weighted by Gasteiger charge is -2.35. The normalized spacial score (nSPS) is 18.9. The molecule has 1 atom stereocenters. The van der Waals surface area contributed by atoms with Gasteiger partial charge in [0.1, 0.15) is 21.7 Å². The molecule has 2 N–H and O–H groups in total. The van der Waals surface area contributed by atoms with Crippen molar-refractivity contribution in [3.05, 3.63) is 34.7 Å². The standard InChI is InChI=1S/C21H26BrFN4O4/c1-21(2,3)31-20(29)24-11-13-12-27(9-10-30-13)18-14(23)5-4-6-15(18)26-19(28)16-7-8-17(22)25-16/h4-6,8,13H,7,9-12H2,1-3H3,(H,24,29)(H,26,28)/t13-/m1/s1. The molecule has 0 aliphatic carbocycles. The van der Waals surface area contributed by atoms with Gasteiger partial charge in [0.2, 0.25) is 0 Å². The molecule has 0 unspecified atom stereocenters.